The zero-order valence-electron chi connectivity index (χ0n) is 9.31. The SMILES string of the molecule is Cc1ccccc1N1N=C2CCCC2C1=O. The fourth-order valence-corrected chi connectivity index (χ4v) is 2.51. The zero-order chi connectivity index (χ0) is 11.1. The lowest BCUT2D eigenvalue weighted by Gasteiger charge is -2.15. The fourth-order valence-electron chi connectivity index (χ4n) is 2.51. The van der Waals surface area contributed by atoms with Crippen molar-refractivity contribution < 1.29 is 4.79 Å². The Hall–Kier alpha value is -1.64. The average molecular weight is 214 g/mol. The summed E-state index contributed by atoms with van der Waals surface area (Å²) >= 11 is 0. The van der Waals surface area contributed by atoms with Crippen LogP contribution in [0.5, 0.6) is 0 Å². The molecule has 0 N–H and O–H groups in total. The van der Waals surface area contributed by atoms with Crippen molar-refractivity contribution in [1.29, 1.82) is 0 Å². The molecular formula is C13H14N2O. The molecule has 1 heterocycles. The molecule has 3 heteroatoms. The molecule has 1 unspecified atom stereocenters. The molecule has 1 aliphatic carbocycles. The number of benzene rings is 1. The molecule has 1 amide bonds. The minimum absolute atomic E-state index is 0.0691. The number of amides is 1. The number of rotatable bonds is 1. The van der Waals surface area contributed by atoms with Crippen LogP contribution in [0.4, 0.5) is 5.69 Å². The molecule has 3 rings (SSSR count). The Balaban J connectivity index is 2.01. The van der Waals surface area contributed by atoms with Crippen molar-refractivity contribution in [2.75, 3.05) is 5.01 Å². The van der Waals surface area contributed by atoms with Gasteiger partial charge in [-0.25, -0.2) is 0 Å². The first-order chi connectivity index (χ1) is 7.77. The van der Waals surface area contributed by atoms with Gasteiger partial charge in [-0.15, -0.1) is 0 Å². The minimum atomic E-state index is 0.0691. The van der Waals surface area contributed by atoms with Crippen LogP contribution in [0.15, 0.2) is 29.4 Å². The lowest BCUT2D eigenvalue weighted by molar-refractivity contribution is -0.119. The maximum Gasteiger partial charge on any atom is 0.256 e. The summed E-state index contributed by atoms with van der Waals surface area (Å²) in [7, 11) is 0. The van der Waals surface area contributed by atoms with Gasteiger partial charge >= 0.3 is 0 Å². The highest BCUT2D eigenvalue weighted by molar-refractivity contribution is 6.16. The molecule has 0 spiro atoms. The Kier molecular flexibility index (Phi) is 2.06. The molecule has 0 bridgehead atoms. The van der Waals surface area contributed by atoms with Crippen LogP contribution < -0.4 is 5.01 Å². The summed E-state index contributed by atoms with van der Waals surface area (Å²) in [6.07, 6.45) is 3.07. The molecule has 0 aromatic heterocycles. The number of nitrogens with zero attached hydrogens (tertiary/aromatic N) is 2. The van der Waals surface area contributed by atoms with E-state index in [1.807, 2.05) is 31.2 Å². The highest BCUT2D eigenvalue weighted by Crippen LogP contribution is 2.34. The number of para-hydroxylation sites is 1. The Morgan fingerprint density at radius 2 is 2.19 bits per heavy atom. The van der Waals surface area contributed by atoms with Gasteiger partial charge < -0.3 is 0 Å². The molecule has 16 heavy (non-hydrogen) atoms. The molecular weight excluding hydrogens is 200 g/mol. The molecule has 1 atom stereocenters. The van der Waals surface area contributed by atoms with Gasteiger partial charge in [0, 0.05) is 0 Å². The van der Waals surface area contributed by atoms with Crippen molar-refractivity contribution in [2.24, 2.45) is 11.0 Å². The van der Waals surface area contributed by atoms with E-state index < -0.39 is 0 Å². The molecule has 0 saturated heterocycles. The van der Waals surface area contributed by atoms with Gasteiger partial charge in [-0.1, -0.05) is 18.2 Å². The summed E-state index contributed by atoms with van der Waals surface area (Å²) in [5.41, 5.74) is 3.10. The second kappa shape index (κ2) is 3.44. The number of hydrogen-bond donors (Lipinski definition) is 0. The molecule has 3 nitrogen and oxygen atoms in total. The zero-order valence-corrected chi connectivity index (χ0v) is 9.31. The monoisotopic (exact) mass is 214 g/mol. The number of fused-ring (bicyclic) bond motifs is 1. The Labute approximate surface area is 94.8 Å². The average Bonchev–Trinajstić information content (AvgIpc) is 2.83. The van der Waals surface area contributed by atoms with Gasteiger partial charge in [-0.2, -0.15) is 10.1 Å². The smallest absolute Gasteiger partial charge is 0.256 e. The highest BCUT2D eigenvalue weighted by Gasteiger charge is 2.39. The number of hydrazone groups is 1. The second-order valence-electron chi connectivity index (χ2n) is 4.47. The molecule has 1 aliphatic heterocycles. The summed E-state index contributed by atoms with van der Waals surface area (Å²) in [5, 5.41) is 6.05. The third kappa shape index (κ3) is 1.28. The van der Waals surface area contributed by atoms with Crippen molar-refractivity contribution in [3.63, 3.8) is 0 Å². The first kappa shape index (κ1) is 9.58. The number of carbonyl (C=O) groups excluding carboxylic acids is 1. The first-order valence-electron chi connectivity index (χ1n) is 5.74. The third-order valence-electron chi connectivity index (χ3n) is 3.41. The van der Waals surface area contributed by atoms with E-state index in [1.165, 1.54) is 0 Å². The summed E-state index contributed by atoms with van der Waals surface area (Å²) in [6.45, 7) is 2.01. The van der Waals surface area contributed by atoms with E-state index in [0.29, 0.717) is 0 Å². The lowest BCUT2D eigenvalue weighted by Crippen LogP contribution is -2.26. The Morgan fingerprint density at radius 1 is 1.38 bits per heavy atom. The van der Waals surface area contributed by atoms with Crippen molar-refractivity contribution in [3.8, 4) is 0 Å². The molecule has 1 aromatic carbocycles. The standard InChI is InChI=1S/C13H14N2O/c1-9-5-2-3-8-12(9)15-13(16)10-6-4-7-11(10)14-15/h2-3,5,8,10H,4,6-7H2,1H3. The summed E-state index contributed by atoms with van der Waals surface area (Å²) < 4.78 is 0. The van der Waals surface area contributed by atoms with Crippen LogP contribution in [0.2, 0.25) is 0 Å². The van der Waals surface area contributed by atoms with Gasteiger partial charge in [-0.05, 0) is 37.8 Å². The van der Waals surface area contributed by atoms with E-state index >= 15 is 0 Å². The van der Waals surface area contributed by atoms with E-state index in [-0.39, 0.29) is 11.8 Å². The molecule has 1 aromatic rings. The van der Waals surface area contributed by atoms with Crippen LogP contribution in [-0.2, 0) is 4.79 Å². The van der Waals surface area contributed by atoms with Crippen LogP contribution in [0.25, 0.3) is 0 Å². The second-order valence-corrected chi connectivity index (χ2v) is 4.47. The summed E-state index contributed by atoms with van der Waals surface area (Å²) in [5.74, 6) is 0.224. The maximum absolute atomic E-state index is 12.2. The summed E-state index contributed by atoms with van der Waals surface area (Å²) in [6, 6.07) is 7.90. The topological polar surface area (TPSA) is 32.7 Å². The fraction of sp³-hybridized carbons (Fsp3) is 0.385. The normalized spacial score (nSPS) is 23.6. The van der Waals surface area contributed by atoms with Crippen LogP contribution in [0.3, 0.4) is 0 Å². The predicted octanol–water partition coefficient (Wildman–Crippen LogP) is 2.50. The van der Waals surface area contributed by atoms with E-state index in [0.717, 1.165) is 36.2 Å². The number of hydrogen-bond acceptors (Lipinski definition) is 2. The van der Waals surface area contributed by atoms with Crippen LogP contribution in [0.1, 0.15) is 24.8 Å². The number of carbonyl (C=O) groups is 1. The van der Waals surface area contributed by atoms with Crippen molar-refractivity contribution in [3.05, 3.63) is 29.8 Å². The number of aryl methyl sites for hydroxylation is 1. The van der Waals surface area contributed by atoms with Gasteiger partial charge in [-0.3, -0.25) is 4.79 Å². The molecule has 82 valence electrons. The Bertz CT molecular complexity index is 479. The van der Waals surface area contributed by atoms with E-state index in [1.54, 1.807) is 5.01 Å². The minimum Gasteiger partial charge on any atom is -0.272 e. The van der Waals surface area contributed by atoms with E-state index in [4.69, 9.17) is 0 Å². The summed E-state index contributed by atoms with van der Waals surface area (Å²) in [4.78, 5) is 12.2. The van der Waals surface area contributed by atoms with Crippen LogP contribution in [0, 0.1) is 12.8 Å². The lowest BCUT2D eigenvalue weighted by atomic mass is 10.1. The first-order valence-corrected chi connectivity index (χ1v) is 5.74. The van der Waals surface area contributed by atoms with Crippen molar-refractivity contribution >= 4 is 17.3 Å². The van der Waals surface area contributed by atoms with Gasteiger partial charge in [0.05, 0.1) is 17.3 Å². The maximum atomic E-state index is 12.2. The van der Waals surface area contributed by atoms with Gasteiger partial charge in [0.2, 0.25) is 0 Å². The van der Waals surface area contributed by atoms with E-state index in [9.17, 15) is 4.79 Å². The van der Waals surface area contributed by atoms with Crippen LogP contribution in [-0.4, -0.2) is 11.6 Å². The van der Waals surface area contributed by atoms with Crippen molar-refractivity contribution in [1.82, 2.24) is 0 Å². The molecule has 1 fully saturated rings. The molecule has 1 saturated carbocycles. The third-order valence-corrected chi connectivity index (χ3v) is 3.41. The highest BCUT2D eigenvalue weighted by atomic mass is 16.2. The number of anilines is 1. The van der Waals surface area contributed by atoms with E-state index in [2.05, 4.69) is 5.10 Å². The van der Waals surface area contributed by atoms with Crippen molar-refractivity contribution in [2.45, 2.75) is 26.2 Å². The largest absolute Gasteiger partial charge is 0.272 e. The molecule has 0 radical (unpaired) electrons. The van der Waals surface area contributed by atoms with Crippen LogP contribution >= 0.6 is 0 Å². The quantitative estimate of drug-likeness (QED) is 0.707. The molecule has 2 aliphatic rings. The van der Waals surface area contributed by atoms with Gasteiger partial charge in [0.1, 0.15) is 0 Å². The van der Waals surface area contributed by atoms with Gasteiger partial charge in [0.15, 0.2) is 0 Å². The Morgan fingerprint density at radius 3 is 2.94 bits per heavy atom. The predicted molar refractivity (Wildman–Crippen MR) is 63.4 cm³/mol. The van der Waals surface area contributed by atoms with Gasteiger partial charge in [0.25, 0.3) is 5.91 Å².